The van der Waals surface area contributed by atoms with Crippen molar-refractivity contribution in [1.82, 2.24) is 10.2 Å². The quantitative estimate of drug-likeness (QED) is 0.355. The third-order valence-corrected chi connectivity index (χ3v) is 6.29. The molecule has 6 nitrogen and oxygen atoms in total. The van der Waals surface area contributed by atoms with Crippen molar-refractivity contribution in [3.63, 3.8) is 0 Å². The number of nitrogens with zero attached hydrogens (tertiary/aromatic N) is 3. The van der Waals surface area contributed by atoms with Crippen LogP contribution in [0.2, 0.25) is 5.02 Å². The molecule has 0 saturated carbocycles. The average Bonchev–Trinajstić information content (AvgIpc) is 3.29. The zero-order chi connectivity index (χ0) is 22.0. The van der Waals surface area contributed by atoms with E-state index in [-0.39, 0.29) is 23.6 Å². The van der Waals surface area contributed by atoms with E-state index in [1.807, 2.05) is 19.2 Å². The number of thioether (sulfide) groups is 1. The molecule has 8 heteroatoms. The average molecular weight is 456 g/mol. The molecule has 3 aromatic rings. The van der Waals surface area contributed by atoms with Crippen LogP contribution < -0.4 is 9.64 Å². The van der Waals surface area contributed by atoms with Crippen molar-refractivity contribution in [3.05, 3.63) is 76.8 Å². The first-order chi connectivity index (χ1) is 14.8. The van der Waals surface area contributed by atoms with E-state index in [4.69, 9.17) is 20.8 Å². The van der Waals surface area contributed by atoms with Gasteiger partial charge in [0.2, 0.25) is 0 Å². The molecule has 4 rings (SSSR count). The third-order valence-electron chi connectivity index (χ3n) is 5.20. The smallest absolute Gasteiger partial charge is 0.277 e. The van der Waals surface area contributed by atoms with E-state index in [1.54, 1.807) is 30.3 Å². The summed E-state index contributed by atoms with van der Waals surface area (Å²) in [5.41, 5.74) is 3.08. The van der Waals surface area contributed by atoms with E-state index in [2.05, 4.69) is 41.1 Å². The van der Waals surface area contributed by atoms with Crippen molar-refractivity contribution in [2.75, 3.05) is 17.7 Å². The number of para-hydroxylation sites is 1. The molecule has 0 unspecified atom stereocenters. The minimum absolute atomic E-state index is 0.00936. The Balaban J connectivity index is 1.35. The molecule has 0 saturated heterocycles. The molecule has 1 aliphatic heterocycles. The fraction of sp³-hybridized carbons (Fsp3) is 0.261. The first-order valence-electron chi connectivity index (χ1n) is 9.76. The molecule has 1 aromatic heterocycles. The van der Waals surface area contributed by atoms with Gasteiger partial charge < -0.3 is 14.1 Å². The van der Waals surface area contributed by atoms with Crippen molar-refractivity contribution in [2.24, 2.45) is 0 Å². The highest BCUT2D eigenvalue weighted by Gasteiger charge is 2.38. The van der Waals surface area contributed by atoms with E-state index in [0.717, 1.165) is 11.4 Å². The van der Waals surface area contributed by atoms with Crippen LogP contribution in [0.4, 0.5) is 5.69 Å². The number of ketones is 1. The van der Waals surface area contributed by atoms with Gasteiger partial charge in [-0.05, 0) is 35.9 Å². The predicted octanol–water partition coefficient (Wildman–Crippen LogP) is 5.27. The lowest BCUT2D eigenvalue weighted by Crippen LogP contribution is -2.24. The van der Waals surface area contributed by atoms with Gasteiger partial charge in [-0.2, -0.15) is 0 Å². The minimum Gasteiger partial charge on any atom is -0.484 e. The number of carbonyl (C=O) groups is 1. The summed E-state index contributed by atoms with van der Waals surface area (Å²) in [7, 11) is 1.99. The fourth-order valence-electron chi connectivity index (χ4n) is 3.62. The number of likely N-dealkylation sites (N-methyl/N-ethyl adjacent to an activating group) is 1. The molecule has 0 spiro atoms. The number of hydrogen-bond acceptors (Lipinski definition) is 7. The Morgan fingerprint density at radius 1 is 1.19 bits per heavy atom. The van der Waals surface area contributed by atoms with Crippen LogP contribution in [-0.2, 0) is 16.8 Å². The zero-order valence-corrected chi connectivity index (χ0v) is 19.0. The molecule has 2 heterocycles. The van der Waals surface area contributed by atoms with Crippen molar-refractivity contribution < 1.29 is 13.9 Å². The number of anilines is 1. The van der Waals surface area contributed by atoms with Crippen LogP contribution in [0, 0.1) is 0 Å². The molecule has 0 atom stereocenters. The molecule has 31 heavy (non-hydrogen) atoms. The molecule has 0 bridgehead atoms. The molecular formula is C23H22ClN3O3S. The van der Waals surface area contributed by atoms with Crippen LogP contribution in [-0.4, -0.2) is 28.8 Å². The zero-order valence-electron chi connectivity index (χ0n) is 17.5. The van der Waals surface area contributed by atoms with Crippen LogP contribution >= 0.6 is 23.4 Å². The fourth-order valence-corrected chi connectivity index (χ4v) is 4.35. The Hall–Kier alpha value is -2.77. The maximum Gasteiger partial charge on any atom is 0.277 e. The topological polar surface area (TPSA) is 68.5 Å². The predicted molar refractivity (Wildman–Crippen MR) is 122 cm³/mol. The maximum atomic E-state index is 12.7. The van der Waals surface area contributed by atoms with Crippen molar-refractivity contribution in [3.8, 4) is 5.75 Å². The largest absolute Gasteiger partial charge is 0.484 e. The first kappa shape index (κ1) is 21.5. The lowest BCUT2D eigenvalue weighted by molar-refractivity contribution is -0.112. The monoisotopic (exact) mass is 455 g/mol. The summed E-state index contributed by atoms with van der Waals surface area (Å²) >= 11 is 7.08. The van der Waals surface area contributed by atoms with Crippen LogP contribution in [0.1, 0.15) is 25.3 Å². The highest BCUT2D eigenvalue weighted by molar-refractivity contribution is 7.99. The van der Waals surface area contributed by atoms with E-state index in [9.17, 15) is 4.79 Å². The van der Waals surface area contributed by atoms with E-state index < -0.39 is 0 Å². The van der Waals surface area contributed by atoms with E-state index in [1.165, 1.54) is 17.3 Å². The van der Waals surface area contributed by atoms with Gasteiger partial charge in [-0.3, -0.25) is 4.79 Å². The summed E-state index contributed by atoms with van der Waals surface area (Å²) in [6.07, 6.45) is 1.72. The normalized spacial score (nSPS) is 15.9. The van der Waals surface area contributed by atoms with Crippen LogP contribution in [0.5, 0.6) is 5.75 Å². The lowest BCUT2D eigenvalue weighted by atomic mass is 9.83. The van der Waals surface area contributed by atoms with Gasteiger partial charge in [0.25, 0.3) is 11.1 Å². The SMILES string of the molecule is CN1/C(=C\C(=O)CSc2nnc(COc3ccc(Cl)cc3)o2)C(C)(C)c2ccccc21. The first-order valence-corrected chi connectivity index (χ1v) is 11.1. The van der Waals surface area contributed by atoms with Crippen LogP contribution in [0.25, 0.3) is 0 Å². The standard InChI is InChI=1S/C23H22ClN3O3S/c1-23(2)18-6-4-5-7-19(18)27(3)20(23)12-16(28)14-31-22-26-25-21(30-22)13-29-17-10-8-15(24)9-11-17/h4-12H,13-14H2,1-3H3/b20-12-. The number of hydrogen-bond donors (Lipinski definition) is 0. The second kappa shape index (κ2) is 8.77. The number of aromatic nitrogens is 2. The van der Waals surface area contributed by atoms with Gasteiger partial charge in [-0.25, -0.2) is 0 Å². The summed E-state index contributed by atoms with van der Waals surface area (Å²) in [4.78, 5) is 14.7. The molecule has 160 valence electrons. The minimum atomic E-state index is -0.234. The van der Waals surface area contributed by atoms with Gasteiger partial charge in [0.05, 0.1) is 5.75 Å². The second-order valence-corrected chi connectivity index (χ2v) is 9.05. The molecular weight excluding hydrogens is 434 g/mol. The second-order valence-electron chi connectivity index (χ2n) is 7.69. The number of benzene rings is 2. The van der Waals surface area contributed by atoms with Gasteiger partial charge >= 0.3 is 0 Å². The van der Waals surface area contributed by atoms with Gasteiger partial charge in [-0.15, -0.1) is 10.2 Å². The number of halogens is 1. The molecule has 0 fully saturated rings. The molecule has 1 aliphatic rings. The number of ether oxygens (including phenoxy) is 1. The summed E-state index contributed by atoms with van der Waals surface area (Å²) in [6, 6.07) is 15.2. The van der Waals surface area contributed by atoms with Crippen molar-refractivity contribution in [1.29, 1.82) is 0 Å². The summed E-state index contributed by atoms with van der Waals surface area (Å²) in [6.45, 7) is 4.41. The van der Waals surface area contributed by atoms with Gasteiger partial charge in [-0.1, -0.05) is 55.4 Å². The Kier molecular flexibility index (Phi) is 6.07. The van der Waals surface area contributed by atoms with Crippen LogP contribution in [0.3, 0.4) is 0 Å². The van der Waals surface area contributed by atoms with Gasteiger partial charge in [0.15, 0.2) is 12.4 Å². The van der Waals surface area contributed by atoms with Crippen molar-refractivity contribution in [2.45, 2.75) is 31.1 Å². The van der Waals surface area contributed by atoms with Gasteiger partial charge in [0, 0.05) is 34.9 Å². The summed E-state index contributed by atoms with van der Waals surface area (Å²) < 4.78 is 11.2. The molecule has 0 N–H and O–H groups in total. The molecule has 0 aliphatic carbocycles. The molecule has 0 radical (unpaired) electrons. The third kappa shape index (κ3) is 4.62. The Morgan fingerprint density at radius 3 is 2.68 bits per heavy atom. The maximum absolute atomic E-state index is 12.7. The van der Waals surface area contributed by atoms with Gasteiger partial charge in [0.1, 0.15) is 5.75 Å². The molecule has 0 amide bonds. The highest BCUT2D eigenvalue weighted by atomic mass is 35.5. The Morgan fingerprint density at radius 2 is 1.94 bits per heavy atom. The van der Waals surface area contributed by atoms with E-state index >= 15 is 0 Å². The molecule has 2 aromatic carbocycles. The lowest BCUT2D eigenvalue weighted by Gasteiger charge is -2.23. The summed E-state index contributed by atoms with van der Waals surface area (Å²) in [5, 5.41) is 8.93. The van der Waals surface area contributed by atoms with E-state index in [0.29, 0.717) is 21.9 Å². The number of rotatable bonds is 7. The van der Waals surface area contributed by atoms with Crippen LogP contribution in [0.15, 0.2) is 69.9 Å². The number of carbonyl (C=O) groups excluding carboxylic acids is 1. The van der Waals surface area contributed by atoms with Crippen molar-refractivity contribution >= 4 is 34.8 Å². The highest BCUT2D eigenvalue weighted by Crippen LogP contribution is 2.46. The summed E-state index contributed by atoms with van der Waals surface area (Å²) in [5.74, 6) is 1.20. The Labute approximate surface area is 190 Å². The number of fused-ring (bicyclic) bond motifs is 1. The Bertz CT molecular complexity index is 1130. The number of allylic oxidation sites excluding steroid dienone is 2.